The fourth-order valence-electron chi connectivity index (χ4n) is 2.36. The van der Waals surface area contributed by atoms with E-state index in [4.69, 9.17) is 4.74 Å². The van der Waals surface area contributed by atoms with Gasteiger partial charge < -0.3 is 15.0 Å². The van der Waals surface area contributed by atoms with Gasteiger partial charge in [0.2, 0.25) is 5.91 Å². The molecule has 17 heavy (non-hydrogen) atoms. The van der Waals surface area contributed by atoms with Crippen molar-refractivity contribution in [2.45, 2.75) is 39.7 Å². The summed E-state index contributed by atoms with van der Waals surface area (Å²) in [6.07, 6.45) is 1.93. The van der Waals surface area contributed by atoms with Crippen LogP contribution in [0.25, 0.3) is 0 Å². The first-order valence-corrected chi connectivity index (χ1v) is 6.78. The van der Waals surface area contributed by atoms with E-state index in [2.05, 4.69) is 12.2 Å². The third-order valence-corrected chi connectivity index (χ3v) is 3.38. The fourth-order valence-corrected chi connectivity index (χ4v) is 2.36. The molecule has 0 aromatic carbocycles. The van der Waals surface area contributed by atoms with Crippen LogP contribution in [0.15, 0.2) is 0 Å². The molecule has 1 fully saturated rings. The van der Waals surface area contributed by atoms with Crippen molar-refractivity contribution in [3.05, 3.63) is 0 Å². The predicted molar refractivity (Wildman–Crippen MR) is 68.9 cm³/mol. The molecule has 0 aliphatic carbocycles. The fraction of sp³-hybridized carbons (Fsp3) is 0.923. The molecule has 2 atom stereocenters. The molecule has 1 N–H and O–H groups in total. The number of ether oxygens (including phenoxy) is 1. The number of hydrogen-bond acceptors (Lipinski definition) is 3. The smallest absolute Gasteiger partial charge is 0.225 e. The van der Waals surface area contributed by atoms with E-state index in [-0.39, 0.29) is 5.92 Å². The Labute approximate surface area is 105 Å². The molecule has 0 aromatic rings. The maximum atomic E-state index is 12.3. The molecule has 0 spiro atoms. The van der Waals surface area contributed by atoms with Crippen molar-refractivity contribution in [2.24, 2.45) is 5.92 Å². The molecular formula is C13H26N2O2. The van der Waals surface area contributed by atoms with Crippen LogP contribution in [0.1, 0.15) is 33.6 Å². The van der Waals surface area contributed by atoms with E-state index in [0.29, 0.717) is 18.6 Å². The Morgan fingerprint density at radius 3 is 2.82 bits per heavy atom. The van der Waals surface area contributed by atoms with Crippen LogP contribution in [-0.4, -0.2) is 49.7 Å². The van der Waals surface area contributed by atoms with E-state index in [0.717, 1.165) is 39.1 Å². The molecule has 0 radical (unpaired) electrons. The lowest BCUT2D eigenvalue weighted by Crippen LogP contribution is -2.45. The highest BCUT2D eigenvalue weighted by atomic mass is 16.5. The Hall–Kier alpha value is -0.610. The van der Waals surface area contributed by atoms with Crippen LogP contribution in [0.2, 0.25) is 0 Å². The maximum absolute atomic E-state index is 12.3. The molecule has 1 amide bonds. The number of amides is 1. The number of piperidine rings is 1. The third-order valence-electron chi connectivity index (χ3n) is 3.38. The van der Waals surface area contributed by atoms with Gasteiger partial charge in [0.05, 0.1) is 6.61 Å². The summed E-state index contributed by atoms with van der Waals surface area (Å²) in [7, 11) is 0. The van der Waals surface area contributed by atoms with E-state index < -0.39 is 0 Å². The van der Waals surface area contributed by atoms with Crippen LogP contribution >= 0.6 is 0 Å². The number of hydrogen-bond donors (Lipinski definition) is 1. The molecular weight excluding hydrogens is 216 g/mol. The van der Waals surface area contributed by atoms with Crippen LogP contribution in [0.4, 0.5) is 0 Å². The number of carbonyl (C=O) groups is 1. The highest BCUT2D eigenvalue weighted by Gasteiger charge is 2.27. The van der Waals surface area contributed by atoms with Gasteiger partial charge in [-0.15, -0.1) is 0 Å². The molecule has 4 nitrogen and oxygen atoms in total. The standard InChI is InChI=1S/C13H26N2O2/c1-4-15(8-9-17-5-2)13(16)12-6-7-14-11(3)10-12/h11-12,14H,4-10H2,1-3H3/t11-,12-/m0/s1. The van der Waals surface area contributed by atoms with Gasteiger partial charge in [0.25, 0.3) is 0 Å². The van der Waals surface area contributed by atoms with Gasteiger partial charge >= 0.3 is 0 Å². The number of carbonyl (C=O) groups excluding carboxylic acids is 1. The number of rotatable bonds is 6. The molecule has 1 aliphatic rings. The van der Waals surface area contributed by atoms with E-state index >= 15 is 0 Å². The Bertz CT molecular complexity index is 233. The summed E-state index contributed by atoms with van der Waals surface area (Å²) < 4.78 is 5.32. The lowest BCUT2D eigenvalue weighted by Gasteiger charge is -2.31. The van der Waals surface area contributed by atoms with Gasteiger partial charge in [0.15, 0.2) is 0 Å². The van der Waals surface area contributed by atoms with E-state index in [1.165, 1.54) is 0 Å². The molecule has 100 valence electrons. The zero-order valence-electron chi connectivity index (χ0n) is 11.4. The summed E-state index contributed by atoms with van der Waals surface area (Å²) in [6.45, 7) is 10.00. The van der Waals surface area contributed by atoms with Crippen LogP contribution in [0.3, 0.4) is 0 Å². The summed E-state index contributed by atoms with van der Waals surface area (Å²) in [5.41, 5.74) is 0. The summed E-state index contributed by atoms with van der Waals surface area (Å²) in [5, 5.41) is 3.38. The van der Waals surface area contributed by atoms with E-state index in [1.807, 2.05) is 18.7 Å². The van der Waals surface area contributed by atoms with Gasteiger partial charge in [-0.05, 0) is 40.2 Å². The molecule has 4 heteroatoms. The van der Waals surface area contributed by atoms with E-state index in [1.54, 1.807) is 0 Å². The minimum Gasteiger partial charge on any atom is -0.380 e. The predicted octanol–water partition coefficient (Wildman–Crippen LogP) is 1.26. The first-order valence-electron chi connectivity index (χ1n) is 6.78. The van der Waals surface area contributed by atoms with Crippen molar-refractivity contribution in [3.8, 4) is 0 Å². The van der Waals surface area contributed by atoms with Gasteiger partial charge in [-0.1, -0.05) is 0 Å². The average molecular weight is 242 g/mol. The van der Waals surface area contributed by atoms with Gasteiger partial charge in [0.1, 0.15) is 0 Å². The zero-order valence-corrected chi connectivity index (χ0v) is 11.4. The van der Waals surface area contributed by atoms with Gasteiger partial charge in [0, 0.05) is 31.7 Å². The Morgan fingerprint density at radius 1 is 1.47 bits per heavy atom. The number of nitrogens with one attached hydrogen (secondary N) is 1. The third kappa shape index (κ3) is 4.64. The van der Waals surface area contributed by atoms with E-state index in [9.17, 15) is 4.79 Å². The molecule has 0 unspecified atom stereocenters. The summed E-state index contributed by atoms with van der Waals surface area (Å²) in [5.74, 6) is 0.508. The molecule has 1 saturated heterocycles. The monoisotopic (exact) mass is 242 g/mol. The van der Waals surface area contributed by atoms with Crippen LogP contribution in [0.5, 0.6) is 0 Å². The van der Waals surface area contributed by atoms with Crippen LogP contribution < -0.4 is 5.32 Å². The lowest BCUT2D eigenvalue weighted by atomic mass is 9.92. The van der Waals surface area contributed by atoms with Crippen molar-refractivity contribution in [3.63, 3.8) is 0 Å². The highest BCUT2D eigenvalue weighted by molar-refractivity contribution is 5.79. The van der Waals surface area contributed by atoms with Crippen molar-refractivity contribution in [1.29, 1.82) is 0 Å². The van der Waals surface area contributed by atoms with Gasteiger partial charge in [-0.25, -0.2) is 0 Å². The Kier molecular flexibility index (Phi) is 6.52. The largest absolute Gasteiger partial charge is 0.380 e. The van der Waals surface area contributed by atoms with Crippen LogP contribution in [-0.2, 0) is 9.53 Å². The number of nitrogens with zero attached hydrogens (tertiary/aromatic N) is 1. The first-order chi connectivity index (χ1) is 8.19. The zero-order chi connectivity index (χ0) is 12.7. The summed E-state index contributed by atoms with van der Waals surface area (Å²) in [4.78, 5) is 14.2. The second-order valence-corrected chi connectivity index (χ2v) is 4.69. The minimum absolute atomic E-state index is 0.202. The Morgan fingerprint density at radius 2 is 2.24 bits per heavy atom. The molecule has 1 rings (SSSR count). The number of likely N-dealkylation sites (N-methyl/N-ethyl adjacent to an activating group) is 1. The average Bonchev–Trinajstić information content (AvgIpc) is 2.34. The quantitative estimate of drug-likeness (QED) is 0.713. The molecule has 0 saturated carbocycles. The second kappa shape index (κ2) is 7.67. The Balaban J connectivity index is 2.41. The maximum Gasteiger partial charge on any atom is 0.225 e. The molecule has 1 heterocycles. The lowest BCUT2D eigenvalue weighted by molar-refractivity contribution is -0.137. The van der Waals surface area contributed by atoms with Crippen molar-refractivity contribution in [2.75, 3.05) is 32.8 Å². The summed E-state index contributed by atoms with van der Waals surface area (Å²) >= 11 is 0. The molecule has 0 bridgehead atoms. The van der Waals surface area contributed by atoms with Crippen molar-refractivity contribution >= 4 is 5.91 Å². The topological polar surface area (TPSA) is 41.6 Å². The summed E-state index contributed by atoms with van der Waals surface area (Å²) in [6, 6.07) is 0.461. The minimum atomic E-state index is 0.202. The van der Waals surface area contributed by atoms with Crippen molar-refractivity contribution < 1.29 is 9.53 Å². The van der Waals surface area contributed by atoms with Crippen molar-refractivity contribution in [1.82, 2.24) is 10.2 Å². The molecule has 0 aromatic heterocycles. The second-order valence-electron chi connectivity index (χ2n) is 4.69. The highest BCUT2D eigenvalue weighted by Crippen LogP contribution is 2.18. The first kappa shape index (κ1) is 14.5. The van der Waals surface area contributed by atoms with Gasteiger partial charge in [-0.3, -0.25) is 4.79 Å². The van der Waals surface area contributed by atoms with Gasteiger partial charge in [-0.2, -0.15) is 0 Å². The SMILES string of the molecule is CCOCCN(CC)C(=O)[C@H]1CCN[C@@H](C)C1. The molecule has 1 aliphatic heterocycles. The van der Waals surface area contributed by atoms with Crippen LogP contribution in [0, 0.1) is 5.92 Å². The normalized spacial score (nSPS) is 24.6.